The van der Waals surface area contributed by atoms with Gasteiger partial charge in [0.25, 0.3) is 0 Å². The number of carboxylic acids is 1. The second-order valence-electron chi connectivity index (χ2n) is 7.51. The zero-order valence-corrected chi connectivity index (χ0v) is 16.7. The quantitative estimate of drug-likeness (QED) is 0.661. The average molecular weight is 414 g/mol. The van der Waals surface area contributed by atoms with E-state index in [2.05, 4.69) is 29.6 Å². The first kappa shape index (κ1) is 18.0. The second-order valence-corrected chi connectivity index (χ2v) is 9.00. The number of aromatic carboxylic acids is 1. The Morgan fingerprint density at radius 3 is 2.86 bits per heavy atom. The summed E-state index contributed by atoms with van der Waals surface area (Å²) in [6, 6.07) is 11.6. The Morgan fingerprint density at radius 1 is 1.25 bits per heavy atom. The third-order valence-electron chi connectivity index (χ3n) is 5.83. The van der Waals surface area contributed by atoms with E-state index < -0.39 is 5.97 Å². The SMILES string of the molecule is O=C(O)c1ccc(Cl)c2c1[C@H]1C=CC[C@@H]1[C@H](c1cccc(OC3CSC3)c1)N2. The van der Waals surface area contributed by atoms with Crippen molar-refractivity contribution >= 4 is 35.0 Å². The van der Waals surface area contributed by atoms with Crippen LogP contribution >= 0.6 is 23.4 Å². The first-order valence-electron chi connectivity index (χ1n) is 9.45. The van der Waals surface area contributed by atoms with Crippen LogP contribution in [0.2, 0.25) is 5.02 Å². The number of fused-ring (bicyclic) bond motifs is 3. The maximum absolute atomic E-state index is 11.8. The van der Waals surface area contributed by atoms with E-state index in [0.29, 0.717) is 16.7 Å². The summed E-state index contributed by atoms with van der Waals surface area (Å²) < 4.78 is 6.07. The first-order chi connectivity index (χ1) is 13.6. The number of carboxylic acid groups (broad SMARTS) is 1. The fourth-order valence-corrected chi connectivity index (χ4v) is 5.23. The van der Waals surface area contributed by atoms with Gasteiger partial charge in [-0.3, -0.25) is 0 Å². The zero-order valence-electron chi connectivity index (χ0n) is 15.1. The molecule has 2 heterocycles. The minimum absolute atomic E-state index is 0.0404. The highest BCUT2D eigenvalue weighted by Gasteiger charge is 2.41. The monoisotopic (exact) mass is 413 g/mol. The van der Waals surface area contributed by atoms with E-state index in [1.807, 2.05) is 23.9 Å². The maximum atomic E-state index is 11.8. The van der Waals surface area contributed by atoms with E-state index in [1.54, 1.807) is 12.1 Å². The number of nitrogens with one attached hydrogen (secondary N) is 1. The normalized spacial score (nSPS) is 25.4. The largest absolute Gasteiger partial charge is 0.489 e. The van der Waals surface area contributed by atoms with E-state index in [1.165, 1.54) is 0 Å². The van der Waals surface area contributed by atoms with Crippen molar-refractivity contribution in [2.24, 2.45) is 5.92 Å². The second kappa shape index (κ2) is 7.05. The van der Waals surface area contributed by atoms with E-state index in [0.717, 1.165) is 40.5 Å². The summed E-state index contributed by atoms with van der Waals surface area (Å²) in [4.78, 5) is 11.8. The molecule has 28 heavy (non-hydrogen) atoms. The molecule has 0 radical (unpaired) electrons. The van der Waals surface area contributed by atoms with Gasteiger partial charge in [-0.05, 0) is 47.7 Å². The topological polar surface area (TPSA) is 58.6 Å². The van der Waals surface area contributed by atoms with Gasteiger partial charge in [-0.25, -0.2) is 4.79 Å². The van der Waals surface area contributed by atoms with Crippen LogP contribution in [0.1, 0.15) is 39.9 Å². The molecule has 1 aliphatic carbocycles. The molecule has 0 saturated carbocycles. The van der Waals surface area contributed by atoms with Crippen LogP contribution in [0.5, 0.6) is 5.75 Å². The third kappa shape index (κ3) is 2.97. The highest BCUT2D eigenvalue weighted by Crippen LogP contribution is 2.52. The molecule has 2 aliphatic heterocycles. The molecule has 0 amide bonds. The molecule has 1 saturated heterocycles. The van der Waals surface area contributed by atoms with Crippen LogP contribution in [-0.4, -0.2) is 28.7 Å². The van der Waals surface area contributed by atoms with Gasteiger partial charge in [0.1, 0.15) is 11.9 Å². The van der Waals surface area contributed by atoms with Crippen LogP contribution in [-0.2, 0) is 0 Å². The van der Waals surface area contributed by atoms with Crippen LogP contribution in [0.25, 0.3) is 0 Å². The van der Waals surface area contributed by atoms with Gasteiger partial charge in [0.05, 0.1) is 22.3 Å². The molecule has 4 nitrogen and oxygen atoms in total. The summed E-state index contributed by atoms with van der Waals surface area (Å²) in [7, 11) is 0. The van der Waals surface area contributed by atoms with Crippen molar-refractivity contribution in [1.29, 1.82) is 0 Å². The van der Waals surface area contributed by atoms with E-state index >= 15 is 0 Å². The molecule has 2 aromatic rings. The zero-order chi connectivity index (χ0) is 19.3. The molecular formula is C22H20ClNO3S. The lowest BCUT2D eigenvalue weighted by molar-refractivity contribution is 0.0695. The number of ether oxygens (including phenoxy) is 1. The molecule has 144 valence electrons. The molecule has 0 spiro atoms. The number of anilines is 1. The molecule has 2 aromatic carbocycles. The van der Waals surface area contributed by atoms with E-state index in [4.69, 9.17) is 16.3 Å². The summed E-state index contributed by atoms with van der Waals surface area (Å²) in [6.45, 7) is 0. The third-order valence-corrected chi connectivity index (χ3v) is 7.36. The molecular weight excluding hydrogens is 394 g/mol. The summed E-state index contributed by atoms with van der Waals surface area (Å²) in [5.41, 5.74) is 3.01. The highest BCUT2D eigenvalue weighted by molar-refractivity contribution is 8.00. The molecule has 6 heteroatoms. The maximum Gasteiger partial charge on any atom is 0.336 e. The van der Waals surface area contributed by atoms with Gasteiger partial charge in [-0.2, -0.15) is 11.8 Å². The van der Waals surface area contributed by atoms with Crippen LogP contribution in [0.4, 0.5) is 5.69 Å². The number of thioether (sulfide) groups is 1. The van der Waals surface area contributed by atoms with E-state index in [-0.39, 0.29) is 17.9 Å². The lowest BCUT2D eigenvalue weighted by Crippen LogP contribution is -2.32. The number of benzene rings is 2. The van der Waals surface area contributed by atoms with Crippen molar-refractivity contribution in [3.05, 3.63) is 70.3 Å². The van der Waals surface area contributed by atoms with Gasteiger partial charge >= 0.3 is 5.97 Å². The molecule has 1 fully saturated rings. The lowest BCUT2D eigenvalue weighted by Gasteiger charge is -2.38. The Kier molecular flexibility index (Phi) is 4.52. The van der Waals surface area contributed by atoms with Crippen molar-refractivity contribution in [2.45, 2.75) is 24.5 Å². The summed E-state index contributed by atoms with van der Waals surface area (Å²) in [5, 5.41) is 13.8. The number of rotatable bonds is 4. The molecule has 0 bridgehead atoms. The summed E-state index contributed by atoms with van der Waals surface area (Å²) in [5.74, 6) is 2.35. The predicted molar refractivity (Wildman–Crippen MR) is 113 cm³/mol. The molecule has 3 aliphatic rings. The average Bonchev–Trinajstić information content (AvgIpc) is 3.14. The van der Waals surface area contributed by atoms with Gasteiger partial charge in [-0.15, -0.1) is 0 Å². The Balaban J connectivity index is 1.54. The Morgan fingerprint density at radius 2 is 2.11 bits per heavy atom. The Bertz CT molecular complexity index is 972. The molecule has 3 atom stereocenters. The number of hydrogen-bond donors (Lipinski definition) is 2. The van der Waals surface area contributed by atoms with Crippen molar-refractivity contribution in [2.75, 3.05) is 16.8 Å². The Hall–Kier alpha value is -2.11. The molecule has 0 unspecified atom stereocenters. The van der Waals surface area contributed by atoms with Crippen LogP contribution in [0.15, 0.2) is 48.6 Å². The molecule has 2 N–H and O–H groups in total. The van der Waals surface area contributed by atoms with Crippen molar-refractivity contribution < 1.29 is 14.6 Å². The lowest BCUT2D eigenvalue weighted by atomic mass is 9.75. The minimum Gasteiger partial charge on any atom is -0.489 e. The van der Waals surface area contributed by atoms with Crippen molar-refractivity contribution in [3.63, 3.8) is 0 Å². The van der Waals surface area contributed by atoms with Gasteiger partial charge < -0.3 is 15.2 Å². The van der Waals surface area contributed by atoms with E-state index in [9.17, 15) is 9.90 Å². The summed E-state index contributed by atoms with van der Waals surface area (Å²) in [6.07, 6.45) is 5.48. The predicted octanol–water partition coefficient (Wildman–Crippen LogP) is 5.36. The number of halogens is 1. The van der Waals surface area contributed by atoms with Crippen molar-refractivity contribution in [3.8, 4) is 5.75 Å². The minimum atomic E-state index is -0.916. The standard InChI is InChI=1S/C22H20ClNO3S/c23-18-8-7-17(22(25)26)19-15-5-2-6-16(15)20(24-21(18)19)12-3-1-4-13(9-12)27-14-10-28-11-14/h1-5,7-9,14-16,20,24H,6,10-11H2,(H,25,26)/t15-,16-,20-/m0/s1. The highest BCUT2D eigenvalue weighted by atomic mass is 35.5. The van der Waals surface area contributed by atoms with Gasteiger partial charge in [0, 0.05) is 17.4 Å². The molecule has 0 aromatic heterocycles. The van der Waals surface area contributed by atoms with Gasteiger partial charge in [0.15, 0.2) is 0 Å². The fourth-order valence-electron chi connectivity index (χ4n) is 4.45. The van der Waals surface area contributed by atoms with Crippen LogP contribution in [0, 0.1) is 5.92 Å². The molecule has 5 rings (SSSR count). The van der Waals surface area contributed by atoms with Gasteiger partial charge in [-0.1, -0.05) is 35.9 Å². The van der Waals surface area contributed by atoms with Crippen LogP contribution in [0.3, 0.4) is 0 Å². The van der Waals surface area contributed by atoms with Crippen LogP contribution < -0.4 is 10.1 Å². The van der Waals surface area contributed by atoms with Gasteiger partial charge in [0.2, 0.25) is 0 Å². The van der Waals surface area contributed by atoms with Crippen molar-refractivity contribution in [1.82, 2.24) is 0 Å². The Labute approximate surface area is 172 Å². The number of allylic oxidation sites excluding steroid dienone is 2. The fraction of sp³-hybridized carbons (Fsp3) is 0.318. The number of carbonyl (C=O) groups is 1. The summed E-state index contributed by atoms with van der Waals surface area (Å²) >= 11 is 8.38. The smallest absolute Gasteiger partial charge is 0.336 e. The first-order valence-corrected chi connectivity index (χ1v) is 11.0. The number of hydrogen-bond acceptors (Lipinski definition) is 4.